The molecule has 2 rings (SSSR count). The van der Waals surface area contributed by atoms with Crippen LogP contribution in [0.15, 0.2) is 24.5 Å². The van der Waals surface area contributed by atoms with Gasteiger partial charge >= 0.3 is 5.97 Å². The van der Waals surface area contributed by atoms with E-state index in [0.717, 1.165) is 5.56 Å². The van der Waals surface area contributed by atoms with Crippen LogP contribution in [-0.2, 0) is 20.8 Å². The smallest absolute Gasteiger partial charge is 0.329 e. The van der Waals surface area contributed by atoms with Gasteiger partial charge in [-0.15, -0.1) is 0 Å². The van der Waals surface area contributed by atoms with Gasteiger partial charge in [0, 0.05) is 25.0 Å². The fourth-order valence-electron chi connectivity index (χ4n) is 2.83. The van der Waals surface area contributed by atoms with E-state index in [4.69, 9.17) is 32.7 Å². The van der Waals surface area contributed by atoms with E-state index in [-0.39, 0.29) is 28.2 Å². The van der Waals surface area contributed by atoms with Crippen molar-refractivity contribution >= 4 is 35.1 Å². The maximum atomic E-state index is 12.6. The molecule has 0 spiro atoms. The number of methoxy groups -OCH3 is 1. The van der Waals surface area contributed by atoms with Crippen molar-refractivity contribution < 1.29 is 19.1 Å². The first-order valence-electron chi connectivity index (χ1n) is 8.90. The monoisotopic (exact) mass is 429 g/mol. The lowest BCUT2D eigenvalue weighted by molar-refractivity contribution is -0.142. The van der Waals surface area contributed by atoms with E-state index in [1.807, 2.05) is 6.08 Å². The summed E-state index contributed by atoms with van der Waals surface area (Å²) in [5, 5.41) is 9.24. The number of esters is 1. The van der Waals surface area contributed by atoms with Crippen LogP contribution in [0.3, 0.4) is 0 Å². The summed E-state index contributed by atoms with van der Waals surface area (Å²) < 4.78 is 9.94. The van der Waals surface area contributed by atoms with E-state index in [2.05, 4.69) is 22.9 Å². The number of rotatable bonds is 9. The molecular formula is C19H25Cl2N3O4. The number of hydrogen-bond donors (Lipinski definition) is 3. The Morgan fingerprint density at radius 3 is 2.54 bits per heavy atom. The number of hydrogen-bond acceptors (Lipinski definition) is 6. The maximum absolute atomic E-state index is 12.6. The molecule has 0 radical (unpaired) electrons. The van der Waals surface area contributed by atoms with Crippen LogP contribution < -0.4 is 16.0 Å². The molecule has 0 aliphatic carbocycles. The Morgan fingerprint density at radius 1 is 1.32 bits per heavy atom. The molecule has 0 aromatic heterocycles. The van der Waals surface area contributed by atoms with Gasteiger partial charge in [0.1, 0.15) is 6.04 Å². The van der Waals surface area contributed by atoms with Crippen LogP contribution >= 0.6 is 23.2 Å². The molecule has 0 fully saturated rings. The van der Waals surface area contributed by atoms with E-state index >= 15 is 0 Å². The Hall–Kier alpha value is -1.80. The summed E-state index contributed by atoms with van der Waals surface area (Å²) in [7, 11) is 2.92. The zero-order chi connectivity index (χ0) is 20.7. The van der Waals surface area contributed by atoms with Gasteiger partial charge in [-0.05, 0) is 37.7 Å². The SMILES string of the molecule is CNC[C@H](NC(=O)c1c(Cl)cc(CNC(C)C2C=COC2)cc1Cl)C(=O)OC. The zero-order valence-electron chi connectivity index (χ0n) is 16.1. The van der Waals surface area contributed by atoms with Gasteiger partial charge in [0.15, 0.2) is 0 Å². The Labute approximate surface area is 174 Å². The number of nitrogens with one attached hydrogen (secondary N) is 3. The summed E-state index contributed by atoms with van der Waals surface area (Å²) in [5.41, 5.74) is 0.971. The predicted octanol–water partition coefficient (Wildman–Crippen LogP) is 2.12. The van der Waals surface area contributed by atoms with Gasteiger partial charge in [0.05, 0.1) is 35.6 Å². The molecule has 0 bridgehead atoms. The molecule has 7 nitrogen and oxygen atoms in total. The molecule has 2 unspecified atom stereocenters. The number of carbonyl (C=O) groups excluding carboxylic acids is 2. The van der Waals surface area contributed by atoms with Gasteiger partial charge in [0.25, 0.3) is 5.91 Å². The van der Waals surface area contributed by atoms with Crippen LogP contribution in [0, 0.1) is 5.92 Å². The van der Waals surface area contributed by atoms with Crippen LogP contribution in [-0.4, -0.2) is 51.3 Å². The van der Waals surface area contributed by atoms with Gasteiger partial charge in [-0.2, -0.15) is 0 Å². The molecule has 1 aromatic rings. The van der Waals surface area contributed by atoms with Crippen LogP contribution in [0.2, 0.25) is 10.0 Å². The third kappa shape index (κ3) is 5.85. The molecular weight excluding hydrogens is 405 g/mol. The van der Waals surface area contributed by atoms with E-state index in [1.54, 1.807) is 25.4 Å². The number of ether oxygens (including phenoxy) is 2. The molecule has 3 atom stereocenters. The van der Waals surface area contributed by atoms with Crippen LogP contribution in [0.1, 0.15) is 22.8 Å². The molecule has 154 valence electrons. The Balaban J connectivity index is 2.06. The fourth-order valence-corrected chi connectivity index (χ4v) is 3.54. The molecule has 1 aromatic carbocycles. The molecule has 0 saturated carbocycles. The maximum Gasteiger partial charge on any atom is 0.329 e. The van der Waals surface area contributed by atoms with E-state index in [0.29, 0.717) is 19.1 Å². The number of likely N-dealkylation sites (N-methyl/N-ethyl adjacent to an activating group) is 1. The molecule has 1 aliphatic rings. The summed E-state index contributed by atoms with van der Waals surface area (Å²) in [6.07, 6.45) is 3.73. The second-order valence-electron chi connectivity index (χ2n) is 6.54. The number of carbonyl (C=O) groups is 2. The Kier molecular flexibility index (Phi) is 8.57. The van der Waals surface area contributed by atoms with Crippen LogP contribution in [0.25, 0.3) is 0 Å². The van der Waals surface area contributed by atoms with Gasteiger partial charge in [-0.3, -0.25) is 4.79 Å². The lowest BCUT2D eigenvalue weighted by Gasteiger charge is -2.19. The van der Waals surface area contributed by atoms with Crippen molar-refractivity contribution in [3.63, 3.8) is 0 Å². The highest BCUT2D eigenvalue weighted by atomic mass is 35.5. The quantitative estimate of drug-likeness (QED) is 0.521. The third-order valence-corrected chi connectivity index (χ3v) is 5.11. The minimum absolute atomic E-state index is 0.122. The minimum Gasteiger partial charge on any atom is -0.501 e. The van der Waals surface area contributed by atoms with Crippen molar-refractivity contribution in [2.24, 2.45) is 5.92 Å². The van der Waals surface area contributed by atoms with Gasteiger partial charge in [-0.25, -0.2) is 4.79 Å². The number of amides is 1. The second-order valence-corrected chi connectivity index (χ2v) is 7.35. The van der Waals surface area contributed by atoms with Crippen molar-refractivity contribution in [1.29, 1.82) is 0 Å². The molecule has 1 heterocycles. The molecule has 1 aliphatic heterocycles. The summed E-state index contributed by atoms with van der Waals surface area (Å²) in [6.45, 7) is 3.48. The van der Waals surface area contributed by atoms with Gasteiger partial charge in [0.2, 0.25) is 0 Å². The summed E-state index contributed by atoms with van der Waals surface area (Å²) in [4.78, 5) is 24.4. The van der Waals surface area contributed by atoms with Crippen molar-refractivity contribution in [3.05, 3.63) is 45.6 Å². The van der Waals surface area contributed by atoms with Gasteiger partial charge in [-0.1, -0.05) is 23.2 Å². The highest BCUT2D eigenvalue weighted by molar-refractivity contribution is 6.39. The average Bonchev–Trinajstić information content (AvgIpc) is 3.19. The Morgan fingerprint density at radius 2 is 2.00 bits per heavy atom. The summed E-state index contributed by atoms with van der Waals surface area (Å²) >= 11 is 12.6. The first kappa shape index (κ1) is 22.5. The number of benzene rings is 1. The predicted molar refractivity (Wildman–Crippen MR) is 109 cm³/mol. The molecule has 3 N–H and O–H groups in total. The standard InChI is InChI=1S/C19H25Cl2N3O4/c1-11(13-4-5-28-10-13)23-8-12-6-14(20)17(15(21)7-12)18(25)24-16(9-22-2)19(26)27-3/h4-7,11,13,16,22-23H,8-10H2,1-3H3,(H,24,25)/t11?,13?,16-/m0/s1. The largest absolute Gasteiger partial charge is 0.501 e. The van der Waals surface area contributed by atoms with Crippen LogP contribution in [0.5, 0.6) is 0 Å². The summed E-state index contributed by atoms with van der Waals surface area (Å²) in [6, 6.07) is 2.74. The van der Waals surface area contributed by atoms with Crippen molar-refractivity contribution in [3.8, 4) is 0 Å². The summed E-state index contributed by atoms with van der Waals surface area (Å²) in [5.74, 6) is -0.796. The average molecular weight is 430 g/mol. The first-order valence-corrected chi connectivity index (χ1v) is 9.65. The van der Waals surface area contributed by atoms with Gasteiger partial charge < -0.3 is 25.4 Å². The minimum atomic E-state index is -0.849. The highest BCUT2D eigenvalue weighted by Gasteiger charge is 2.24. The highest BCUT2D eigenvalue weighted by Crippen LogP contribution is 2.27. The van der Waals surface area contributed by atoms with Crippen molar-refractivity contribution in [2.45, 2.75) is 25.6 Å². The van der Waals surface area contributed by atoms with Crippen molar-refractivity contribution in [2.75, 3.05) is 27.3 Å². The molecule has 1 amide bonds. The number of halogens is 2. The molecule has 9 heteroatoms. The second kappa shape index (κ2) is 10.7. The lowest BCUT2D eigenvalue weighted by Crippen LogP contribution is -2.47. The third-order valence-electron chi connectivity index (χ3n) is 4.51. The van der Waals surface area contributed by atoms with Crippen LogP contribution in [0.4, 0.5) is 0 Å². The molecule has 28 heavy (non-hydrogen) atoms. The van der Waals surface area contributed by atoms with E-state index < -0.39 is 17.9 Å². The topological polar surface area (TPSA) is 88.7 Å². The molecule has 0 saturated heterocycles. The Bertz CT molecular complexity index is 719. The fraction of sp³-hybridized carbons (Fsp3) is 0.474. The lowest BCUT2D eigenvalue weighted by atomic mass is 10.0. The van der Waals surface area contributed by atoms with E-state index in [1.165, 1.54) is 7.11 Å². The van der Waals surface area contributed by atoms with E-state index in [9.17, 15) is 9.59 Å². The first-order chi connectivity index (χ1) is 13.4. The van der Waals surface area contributed by atoms with Crippen molar-refractivity contribution in [1.82, 2.24) is 16.0 Å². The normalized spacial score (nSPS) is 17.7. The zero-order valence-corrected chi connectivity index (χ0v) is 17.6.